The van der Waals surface area contributed by atoms with Crippen molar-refractivity contribution in [1.82, 2.24) is 14.1 Å². The van der Waals surface area contributed by atoms with Crippen LogP contribution in [0.4, 0.5) is 0 Å². The molecule has 0 spiro atoms. The van der Waals surface area contributed by atoms with Gasteiger partial charge in [0.05, 0.1) is 22.4 Å². The number of hydrogen-bond donors (Lipinski definition) is 0. The predicted octanol–water partition coefficient (Wildman–Crippen LogP) is 9.96. The summed E-state index contributed by atoms with van der Waals surface area (Å²) in [5.41, 5.74) is 12.8. The highest BCUT2D eigenvalue weighted by Gasteiger charge is 2.20. The SMILES string of the molecule is Cc1ccc2c(c1)c1ccccc1n2-c1c(C)cc(-c2nccn2-c2c(CC(C)C)cccc2CC(C)C)cc1C. The van der Waals surface area contributed by atoms with E-state index in [1.165, 1.54) is 61.0 Å². The van der Waals surface area contributed by atoms with E-state index in [-0.39, 0.29) is 0 Å². The Hall–Kier alpha value is -4.11. The molecule has 0 bridgehead atoms. The molecule has 4 aromatic carbocycles. The van der Waals surface area contributed by atoms with E-state index in [4.69, 9.17) is 4.98 Å². The van der Waals surface area contributed by atoms with Crippen molar-refractivity contribution in [2.24, 2.45) is 11.8 Å². The third-order valence-corrected chi connectivity index (χ3v) is 8.14. The van der Waals surface area contributed by atoms with Crippen molar-refractivity contribution >= 4 is 21.8 Å². The fourth-order valence-corrected chi connectivity index (χ4v) is 6.63. The molecule has 6 aromatic rings. The summed E-state index contributed by atoms with van der Waals surface area (Å²) in [6.07, 6.45) is 6.19. The quantitative estimate of drug-likeness (QED) is 0.198. The Morgan fingerprint density at radius 2 is 1.29 bits per heavy atom. The van der Waals surface area contributed by atoms with Crippen LogP contribution in [-0.4, -0.2) is 14.1 Å². The molecule has 0 aliphatic carbocycles. The molecule has 41 heavy (non-hydrogen) atoms. The molecular formula is C38H41N3. The van der Waals surface area contributed by atoms with E-state index >= 15 is 0 Å². The molecule has 3 nitrogen and oxygen atoms in total. The first kappa shape index (κ1) is 27.1. The van der Waals surface area contributed by atoms with Crippen LogP contribution in [0.5, 0.6) is 0 Å². The van der Waals surface area contributed by atoms with Crippen molar-refractivity contribution in [3.05, 3.63) is 113 Å². The summed E-state index contributed by atoms with van der Waals surface area (Å²) >= 11 is 0. The van der Waals surface area contributed by atoms with E-state index in [1.807, 2.05) is 6.20 Å². The van der Waals surface area contributed by atoms with E-state index in [9.17, 15) is 0 Å². The molecule has 0 saturated heterocycles. The Kier molecular flexibility index (Phi) is 7.07. The molecular weight excluding hydrogens is 498 g/mol. The van der Waals surface area contributed by atoms with Gasteiger partial charge in [-0.25, -0.2) is 4.98 Å². The number of rotatable bonds is 7. The molecule has 0 aliphatic heterocycles. The van der Waals surface area contributed by atoms with Gasteiger partial charge in [0, 0.05) is 28.7 Å². The highest BCUT2D eigenvalue weighted by atomic mass is 15.1. The van der Waals surface area contributed by atoms with Crippen molar-refractivity contribution < 1.29 is 0 Å². The van der Waals surface area contributed by atoms with Crippen LogP contribution in [0.25, 0.3) is 44.6 Å². The van der Waals surface area contributed by atoms with Crippen LogP contribution in [0.15, 0.2) is 85.2 Å². The number of benzene rings is 4. The Balaban J connectivity index is 1.54. The topological polar surface area (TPSA) is 22.8 Å². The Morgan fingerprint density at radius 1 is 0.659 bits per heavy atom. The number of imidazole rings is 1. The van der Waals surface area contributed by atoms with Crippen molar-refractivity contribution in [1.29, 1.82) is 0 Å². The first-order chi connectivity index (χ1) is 19.7. The van der Waals surface area contributed by atoms with Gasteiger partial charge in [-0.05, 0) is 98.0 Å². The zero-order chi connectivity index (χ0) is 28.8. The maximum atomic E-state index is 4.94. The Morgan fingerprint density at radius 3 is 1.95 bits per heavy atom. The Labute approximate surface area is 244 Å². The molecule has 0 fully saturated rings. The lowest BCUT2D eigenvalue weighted by Gasteiger charge is -2.21. The zero-order valence-corrected chi connectivity index (χ0v) is 25.5. The lowest BCUT2D eigenvalue weighted by Crippen LogP contribution is -2.09. The molecule has 2 heterocycles. The normalized spacial score (nSPS) is 11.9. The third kappa shape index (κ3) is 4.88. The molecule has 0 saturated carbocycles. The average molecular weight is 540 g/mol. The molecule has 0 unspecified atom stereocenters. The zero-order valence-electron chi connectivity index (χ0n) is 25.5. The van der Waals surface area contributed by atoms with Crippen molar-refractivity contribution in [3.8, 4) is 22.8 Å². The van der Waals surface area contributed by atoms with Crippen LogP contribution in [0.2, 0.25) is 0 Å². The average Bonchev–Trinajstić information content (AvgIpc) is 3.51. The van der Waals surface area contributed by atoms with Gasteiger partial charge in [-0.3, -0.25) is 4.57 Å². The fourth-order valence-electron chi connectivity index (χ4n) is 6.63. The molecule has 0 aliphatic rings. The predicted molar refractivity (Wildman–Crippen MR) is 175 cm³/mol. The second-order valence-corrected chi connectivity index (χ2v) is 12.6. The molecule has 2 aromatic heterocycles. The molecule has 3 heteroatoms. The van der Waals surface area contributed by atoms with Gasteiger partial charge in [-0.2, -0.15) is 0 Å². The third-order valence-electron chi connectivity index (χ3n) is 8.14. The second-order valence-electron chi connectivity index (χ2n) is 12.6. The van der Waals surface area contributed by atoms with Gasteiger partial charge < -0.3 is 4.57 Å². The minimum Gasteiger partial charge on any atom is -0.309 e. The highest BCUT2D eigenvalue weighted by Crippen LogP contribution is 2.37. The van der Waals surface area contributed by atoms with Crippen LogP contribution in [-0.2, 0) is 12.8 Å². The van der Waals surface area contributed by atoms with Gasteiger partial charge >= 0.3 is 0 Å². The van der Waals surface area contributed by atoms with Gasteiger partial charge in [0.2, 0.25) is 0 Å². The monoisotopic (exact) mass is 539 g/mol. The van der Waals surface area contributed by atoms with Crippen LogP contribution in [0.1, 0.15) is 55.5 Å². The summed E-state index contributed by atoms with van der Waals surface area (Å²) in [5.74, 6) is 2.16. The highest BCUT2D eigenvalue weighted by molar-refractivity contribution is 6.09. The molecule has 0 atom stereocenters. The molecule has 0 radical (unpaired) electrons. The maximum Gasteiger partial charge on any atom is 0.144 e. The van der Waals surface area contributed by atoms with Crippen LogP contribution in [0.3, 0.4) is 0 Å². The number of aryl methyl sites for hydroxylation is 3. The summed E-state index contributed by atoms with van der Waals surface area (Å²) < 4.78 is 4.79. The maximum absolute atomic E-state index is 4.94. The van der Waals surface area contributed by atoms with Gasteiger partial charge in [0.25, 0.3) is 0 Å². The molecule has 6 rings (SSSR count). The van der Waals surface area contributed by atoms with Gasteiger partial charge in [-0.15, -0.1) is 0 Å². The lowest BCUT2D eigenvalue weighted by atomic mass is 9.94. The number of hydrogen-bond acceptors (Lipinski definition) is 1. The Bertz CT molecular complexity index is 1830. The minimum atomic E-state index is 0.578. The largest absolute Gasteiger partial charge is 0.309 e. The van der Waals surface area contributed by atoms with Crippen molar-refractivity contribution in [2.45, 2.75) is 61.3 Å². The number of para-hydroxylation sites is 2. The van der Waals surface area contributed by atoms with Crippen LogP contribution < -0.4 is 0 Å². The van der Waals surface area contributed by atoms with Gasteiger partial charge in [0.1, 0.15) is 5.82 Å². The summed E-state index contributed by atoms with van der Waals surface area (Å²) in [6.45, 7) is 15.9. The molecule has 208 valence electrons. The molecule has 0 N–H and O–H groups in total. The summed E-state index contributed by atoms with van der Waals surface area (Å²) in [6, 6.07) is 27.0. The van der Waals surface area contributed by atoms with Crippen molar-refractivity contribution in [3.63, 3.8) is 0 Å². The van der Waals surface area contributed by atoms with E-state index in [1.54, 1.807) is 0 Å². The van der Waals surface area contributed by atoms with Crippen molar-refractivity contribution in [2.75, 3.05) is 0 Å². The van der Waals surface area contributed by atoms with E-state index in [0.717, 1.165) is 24.2 Å². The number of aromatic nitrogens is 3. The van der Waals surface area contributed by atoms with Crippen LogP contribution >= 0.6 is 0 Å². The fraction of sp³-hybridized carbons (Fsp3) is 0.289. The van der Waals surface area contributed by atoms with E-state index in [2.05, 4.69) is 137 Å². The standard InChI is InChI=1S/C38H41N3/c1-24(2)19-29-11-10-12-30(20-25(3)4)37(29)40-18-17-39-38(40)31-22-27(6)36(28(7)23-31)41-34-14-9-8-13-32(34)33-21-26(5)15-16-35(33)41/h8-18,21-25H,19-20H2,1-7H3. The van der Waals surface area contributed by atoms with E-state index in [0.29, 0.717) is 11.8 Å². The van der Waals surface area contributed by atoms with Crippen LogP contribution in [0, 0.1) is 32.6 Å². The summed E-state index contributed by atoms with van der Waals surface area (Å²) in [7, 11) is 0. The molecule has 0 amide bonds. The first-order valence-electron chi connectivity index (χ1n) is 15.0. The minimum absolute atomic E-state index is 0.578. The van der Waals surface area contributed by atoms with Gasteiger partial charge in [0.15, 0.2) is 0 Å². The number of nitrogens with zero attached hydrogens (tertiary/aromatic N) is 3. The first-order valence-corrected chi connectivity index (χ1v) is 15.0. The second kappa shape index (κ2) is 10.7. The van der Waals surface area contributed by atoms with Gasteiger partial charge in [-0.1, -0.05) is 75.7 Å². The van der Waals surface area contributed by atoms with E-state index < -0.39 is 0 Å². The summed E-state index contributed by atoms with van der Waals surface area (Å²) in [4.78, 5) is 4.94. The lowest BCUT2D eigenvalue weighted by molar-refractivity contribution is 0.631. The number of fused-ring (bicyclic) bond motifs is 3. The summed E-state index contributed by atoms with van der Waals surface area (Å²) in [5, 5.41) is 2.60. The smallest absolute Gasteiger partial charge is 0.144 e.